The number of allylic oxidation sites excluding steroid dienone is 2. The minimum absolute atomic E-state index is 0.278. The van der Waals surface area contributed by atoms with Crippen molar-refractivity contribution in [3.63, 3.8) is 0 Å². The number of phosphoric acid groups is 1. The van der Waals surface area contributed by atoms with Gasteiger partial charge in [-0.25, -0.2) is 4.57 Å². The van der Waals surface area contributed by atoms with E-state index in [0.717, 1.165) is 25.7 Å². The van der Waals surface area contributed by atoms with E-state index in [1.165, 1.54) is 0 Å². The van der Waals surface area contributed by atoms with Gasteiger partial charge in [0.25, 0.3) is 0 Å². The van der Waals surface area contributed by atoms with Gasteiger partial charge >= 0.3 is 7.82 Å². The van der Waals surface area contributed by atoms with Crippen LogP contribution >= 0.6 is 7.82 Å². The van der Waals surface area contributed by atoms with Crippen LogP contribution in [0.4, 0.5) is 0 Å². The van der Waals surface area contributed by atoms with E-state index in [2.05, 4.69) is 13.8 Å². The summed E-state index contributed by atoms with van der Waals surface area (Å²) in [7, 11) is -4.01. The number of rotatable bonds is 9. The molecule has 1 aliphatic rings. The van der Waals surface area contributed by atoms with Crippen molar-refractivity contribution in [2.75, 3.05) is 6.61 Å². The minimum atomic E-state index is -4.01. The second kappa shape index (κ2) is 8.14. The van der Waals surface area contributed by atoms with Crippen LogP contribution in [0.15, 0.2) is 24.3 Å². The molecular formula is C15H27O4P. The third-order valence-electron chi connectivity index (χ3n) is 3.56. The summed E-state index contributed by atoms with van der Waals surface area (Å²) in [6.45, 7) is 6.27. The lowest BCUT2D eigenvalue weighted by Crippen LogP contribution is -2.26. The molecule has 5 heteroatoms. The lowest BCUT2D eigenvalue weighted by Gasteiger charge is -2.29. The van der Waals surface area contributed by atoms with E-state index in [1.54, 1.807) is 13.0 Å². The van der Waals surface area contributed by atoms with Crippen molar-refractivity contribution in [3.8, 4) is 0 Å². The monoisotopic (exact) mass is 302 g/mol. The number of hydrogen-bond donors (Lipinski definition) is 1. The summed E-state index contributed by atoms with van der Waals surface area (Å²) < 4.78 is 22.5. The molecule has 0 heterocycles. The highest BCUT2D eigenvalue weighted by Gasteiger charge is 2.34. The van der Waals surface area contributed by atoms with E-state index < -0.39 is 13.4 Å². The van der Waals surface area contributed by atoms with Crippen molar-refractivity contribution in [2.24, 2.45) is 5.92 Å². The second-order valence-corrected chi connectivity index (χ2v) is 6.95. The zero-order chi connectivity index (χ0) is 15.1. The Morgan fingerprint density at radius 3 is 2.70 bits per heavy atom. The second-order valence-electron chi connectivity index (χ2n) is 5.58. The van der Waals surface area contributed by atoms with Gasteiger partial charge in [0.1, 0.15) is 0 Å². The summed E-state index contributed by atoms with van der Waals surface area (Å²) in [5.74, 6) is 0.314. The van der Waals surface area contributed by atoms with Crippen LogP contribution in [0.2, 0.25) is 0 Å². The molecule has 1 aliphatic carbocycles. The smallest absolute Gasteiger partial charge is 0.302 e. The largest absolute Gasteiger partial charge is 0.473 e. The lowest BCUT2D eigenvalue weighted by molar-refractivity contribution is 0.0609. The van der Waals surface area contributed by atoms with Crippen LogP contribution in [0.1, 0.15) is 52.9 Å². The first-order chi connectivity index (χ1) is 9.41. The van der Waals surface area contributed by atoms with Crippen molar-refractivity contribution in [1.29, 1.82) is 0 Å². The molecule has 1 N–H and O–H groups in total. The number of unbranched alkanes of at least 4 members (excludes halogenated alkanes) is 1. The fourth-order valence-electron chi connectivity index (χ4n) is 2.16. The van der Waals surface area contributed by atoms with E-state index in [0.29, 0.717) is 12.3 Å². The molecule has 0 aliphatic heterocycles. The minimum Gasteiger partial charge on any atom is -0.302 e. The average Bonchev–Trinajstić information content (AvgIpc) is 2.38. The fourth-order valence-corrected chi connectivity index (χ4v) is 3.28. The van der Waals surface area contributed by atoms with Crippen LogP contribution < -0.4 is 0 Å². The number of phosphoric ester groups is 1. The van der Waals surface area contributed by atoms with Crippen LogP contribution in [0.25, 0.3) is 0 Å². The first-order valence-corrected chi connectivity index (χ1v) is 8.93. The molecule has 0 aromatic heterocycles. The Morgan fingerprint density at radius 1 is 1.40 bits per heavy atom. The van der Waals surface area contributed by atoms with Gasteiger partial charge in [-0.1, -0.05) is 57.4 Å². The lowest BCUT2D eigenvalue weighted by atomic mass is 9.98. The van der Waals surface area contributed by atoms with Gasteiger partial charge in [0.2, 0.25) is 0 Å². The van der Waals surface area contributed by atoms with Crippen LogP contribution in [0.3, 0.4) is 0 Å². The number of hydrogen-bond acceptors (Lipinski definition) is 3. The fraction of sp³-hybridized carbons (Fsp3) is 0.733. The van der Waals surface area contributed by atoms with E-state index in [-0.39, 0.29) is 6.61 Å². The first-order valence-electron chi connectivity index (χ1n) is 7.43. The molecule has 0 aromatic carbocycles. The maximum Gasteiger partial charge on any atom is 0.473 e. The summed E-state index contributed by atoms with van der Waals surface area (Å²) in [6, 6.07) is 0. The highest BCUT2D eigenvalue weighted by Crippen LogP contribution is 2.49. The van der Waals surface area contributed by atoms with Gasteiger partial charge < -0.3 is 4.89 Å². The van der Waals surface area contributed by atoms with E-state index in [1.807, 2.05) is 18.2 Å². The molecule has 0 fully saturated rings. The van der Waals surface area contributed by atoms with Crippen LogP contribution in [-0.4, -0.2) is 17.1 Å². The van der Waals surface area contributed by atoms with Crippen LogP contribution in [0, 0.1) is 5.92 Å². The SMILES string of the molecule is CCCCC(CC)COP(=O)(O)OC1(C)C=CC=CC1. The maximum absolute atomic E-state index is 12.0. The van der Waals surface area contributed by atoms with Gasteiger partial charge in [-0.15, -0.1) is 0 Å². The Labute approximate surface area is 122 Å². The summed E-state index contributed by atoms with van der Waals surface area (Å²) >= 11 is 0. The van der Waals surface area contributed by atoms with Gasteiger partial charge in [-0.05, 0) is 25.7 Å². The maximum atomic E-state index is 12.0. The Bertz CT molecular complexity index is 391. The molecule has 0 saturated heterocycles. The molecule has 4 nitrogen and oxygen atoms in total. The predicted molar refractivity (Wildman–Crippen MR) is 81.5 cm³/mol. The van der Waals surface area contributed by atoms with Gasteiger partial charge in [0, 0.05) is 0 Å². The van der Waals surface area contributed by atoms with Gasteiger partial charge in [0.15, 0.2) is 0 Å². The summed E-state index contributed by atoms with van der Waals surface area (Å²) in [6.07, 6.45) is 12.2. The Balaban J connectivity index is 2.46. The van der Waals surface area contributed by atoms with E-state index in [4.69, 9.17) is 9.05 Å². The standard InChI is InChI=1S/C15H27O4P/c1-4-6-10-14(5-2)13-18-20(16,17)19-15(3)11-8-7-9-12-15/h7-9,11,14H,4-6,10,12-13H2,1-3H3,(H,16,17). The topological polar surface area (TPSA) is 55.8 Å². The molecular weight excluding hydrogens is 275 g/mol. The molecule has 0 saturated carbocycles. The molecule has 0 aromatic rings. The molecule has 1 rings (SSSR count). The zero-order valence-electron chi connectivity index (χ0n) is 12.7. The highest BCUT2D eigenvalue weighted by atomic mass is 31.2. The van der Waals surface area contributed by atoms with Crippen molar-refractivity contribution in [3.05, 3.63) is 24.3 Å². The summed E-state index contributed by atoms with van der Waals surface area (Å²) in [4.78, 5) is 9.85. The highest BCUT2D eigenvalue weighted by molar-refractivity contribution is 7.47. The molecule has 3 unspecified atom stereocenters. The molecule has 0 bridgehead atoms. The molecule has 116 valence electrons. The van der Waals surface area contributed by atoms with Crippen molar-refractivity contribution >= 4 is 7.82 Å². The van der Waals surface area contributed by atoms with Crippen LogP contribution in [-0.2, 0) is 13.6 Å². The normalized spacial score (nSPS) is 26.4. The zero-order valence-corrected chi connectivity index (χ0v) is 13.6. The van der Waals surface area contributed by atoms with E-state index >= 15 is 0 Å². The molecule has 0 amide bonds. The Kier molecular flexibility index (Phi) is 7.18. The van der Waals surface area contributed by atoms with Crippen molar-refractivity contribution in [2.45, 2.75) is 58.5 Å². The Hall–Kier alpha value is -0.410. The quantitative estimate of drug-likeness (QED) is 0.632. The first kappa shape index (κ1) is 17.6. The third kappa shape index (κ3) is 6.36. The van der Waals surface area contributed by atoms with E-state index in [9.17, 15) is 9.46 Å². The molecule has 0 radical (unpaired) electrons. The van der Waals surface area contributed by atoms with Gasteiger partial charge in [0.05, 0.1) is 12.2 Å². The Morgan fingerprint density at radius 2 is 2.15 bits per heavy atom. The molecule has 0 spiro atoms. The van der Waals surface area contributed by atoms with Crippen molar-refractivity contribution in [1.82, 2.24) is 0 Å². The van der Waals surface area contributed by atoms with Crippen LogP contribution in [0.5, 0.6) is 0 Å². The van der Waals surface area contributed by atoms with Gasteiger partial charge in [-0.2, -0.15) is 0 Å². The molecule has 20 heavy (non-hydrogen) atoms. The van der Waals surface area contributed by atoms with Crippen molar-refractivity contribution < 1.29 is 18.5 Å². The molecule has 3 atom stereocenters. The van der Waals surface area contributed by atoms with Gasteiger partial charge in [-0.3, -0.25) is 9.05 Å². The average molecular weight is 302 g/mol. The third-order valence-corrected chi connectivity index (χ3v) is 4.68. The predicted octanol–water partition coefficient (Wildman–Crippen LogP) is 4.61. The summed E-state index contributed by atoms with van der Waals surface area (Å²) in [5.41, 5.74) is -0.760. The summed E-state index contributed by atoms with van der Waals surface area (Å²) in [5, 5.41) is 0.